The molecule has 0 spiro atoms. The highest BCUT2D eigenvalue weighted by Gasteiger charge is 2.34. The van der Waals surface area contributed by atoms with Gasteiger partial charge in [0.1, 0.15) is 23.7 Å². The molecule has 0 radical (unpaired) electrons. The second kappa shape index (κ2) is 6.13. The Morgan fingerprint density at radius 1 is 1.38 bits per heavy atom. The number of fused-ring (bicyclic) bond motifs is 1. The number of ether oxygens (including phenoxy) is 2. The average Bonchev–Trinajstić information content (AvgIpc) is 2.85. The van der Waals surface area contributed by atoms with Crippen LogP contribution in [0.1, 0.15) is 69.0 Å². The SMILES string of the molecule is Cc1nc(C(C)C)oc1COc1cccc2c1C(O)CC(C)(C)O2. The fraction of sp³-hybridized carbons (Fsp3) is 0.526. The Labute approximate surface area is 142 Å². The molecule has 2 aromatic rings. The summed E-state index contributed by atoms with van der Waals surface area (Å²) in [5, 5.41) is 10.5. The maximum absolute atomic E-state index is 10.5. The van der Waals surface area contributed by atoms with Crippen LogP contribution in [0.5, 0.6) is 11.5 Å². The van der Waals surface area contributed by atoms with Crippen molar-refractivity contribution in [2.45, 2.75) is 65.3 Å². The van der Waals surface area contributed by atoms with Crippen molar-refractivity contribution in [2.75, 3.05) is 0 Å². The fourth-order valence-electron chi connectivity index (χ4n) is 2.95. The van der Waals surface area contributed by atoms with Crippen molar-refractivity contribution in [1.82, 2.24) is 4.98 Å². The lowest BCUT2D eigenvalue weighted by Crippen LogP contribution is -2.35. The molecule has 1 atom stereocenters. The van der Waals surface area contributed by atoms with E-state index < -0.39 is 11.7 Å². The van der Waals surface area contributed by atoms with Crippen molar-refractivity contribution in [3.63, 3.8) is 0 Å². The van der Waals surface area contributed by atoms with E-state index in [0.717, 1.165) is 5.69 Å². The van der Waals surface area contributed by atoms with Gasteiger partial charge in [-0.25, -0.2) is 4.98 Å². The van der Waals surface area contributed by atoms with Gasteiger partial charge in [-0.15, -0.1) is 0 Å². The molecule has 0 saturated heterocycles. The molecule has 2 heterocycles. The molecule has 0 aliphatic carbocycles. The molecule has 0 saturated carbocycles. The van der Waals surface area contributed by atoms with Crippen LogP contribution in [-0.4, -0.2) is 15.7 Å². The largest absolute Gasteiger partial charge is 0.487 e. The van der Waals surface area contributed by atoms with E-state index in [1.54, 1.807) is 0 Å². The van der Waals surface area contributed by atoms with Gasteiger partial charge in [0.05, 0.1) is 17.4 Å². The minimum Gasteiger partial charge on any atom is -0.487 e. The van der Waals surface area contributed by atoms with Gasteiger partial charge in [-0.1, -0.05) is 19.9 Å². The molecule has 1 aliphatic rings. The number of aliphatic hydroxyl groups excluding tert-OH is 1. The standard InChI is InChI=1S/C19H25NO4/c1-11(2)18-20-12(3)16(23-18)10-22-14-7-6-8-15-17(14)13(21)9-19(4,5)24-15/h6-8,11,13,21H,9-10H2,1-5H3. The van der Waals surface area contributed by atoms with Crippen LogP contribution in [0.15, 0.2) is 22.6 Å². The molecule has 1 aromatic carbocycles. The van der Waals surface area contributed by atoms with Gasteiger partial charge in [-0.05, 0) is 32.9 Å². The summed E-state index contributed by atoms with van der Waals surface area (Å²) in [5.41, 5.74) is 1.15. The Morgan fingerprint density at radius 3 is 2.79 bits per heavy atom. The van der Waals surface area contributed by atoms with Gasteiger partial charge in [0.25, 0.3) is 0 Å². The minimum absolute atomic E-state index is 0.236. The van der Waals surface area contributed by atoms with E-state index in [2.05, 4.69) is 4.98 Å². The molecule has 1 aromatic heterocycles. The number of rotatable bonds is 4. The first-order valence-corrected chi connectivity index (χ1v) is 8.36. The molecule has 130 valence electrons. The third-order valence-corrected chi connectivity index (χ3v) is 4.19. The minimum atomic E-state index is -0.609. The molecular formula is C19H25NO4. The van der Waals surface area contributed by atoms with E-state index in [1.165, 1.54) is 0 Å². The summed E-state index contributed by atoms with van der Waals surface area (Å²) < 4.78 is 17.7. The van der Waals surface area contributed by atoms with Gasteiger partial charge in [0.2, 0.25) is 0 Å². The van der Waals surface area contributed by atoms with Crippen molar-refractivity contribution in [2.24, 2.45) is 0 Å². The van der Waals surface area contributed by atoms with E-state index in [9.17, 15) is 5.11 Å². The zero-order valence-corrected chi connectivity index (χ0v) is 14.9. The van der Waals surface area contributed by atoms with Gasteiger partial charge in [0, 0.05) is 12.3 Å². The number of nitrogens with zero attached hydrogens (tertiary/aromatic N) is 1. The number of oxazole rings is 1. The number of aromatic nitrogens is 1. The van der Waals surface area contributed by atoms with Crippen LogP contribution >= 0.6 is 0 Å². The Bertz CT molecular complexity index is 733. The topological polar surface area (TPSA) is 64.7 Å². The summed E-state index contributed by atoms with van der Waals surface area (Å²) in [6.07, 6.45) is -0.0823. The van der Waals surface area contributed by atoms with Crippen LogP contribution in [0.3, 0.4) is 0 Å². The number of benzene rings is 1. The van der Waals surface area contributed by atoms with Crippen LogP contribution in [0.2, 0.25) is 0 Å². The lowest BCUT2D eigenvalue weighted by atomic mass is 9.91. The van der Waals surface area contributed by atoms with Crippen molar-refractivity contribution in [3.8, 4) is 11.5 Å². The smallest absolute Gasteiger partial charge is 0.197 e. The first kappa shape index (κ1) is 16.8. The monoisotopic (exact) mass is 331 g/mol. The quantitative estimate of drug-likeness (QED) is 0.906. The predicted molar refractivity (Wildman–Crippen MR) is 90.4 cm³/mol. The van der Waals surface area contributed by atoms with E-state index in [4.69, 9.17) is 13.9 Å². The van der Waals surface area contributed by atoms with E-state index in [0.29, 0.717) is 35.1 Å². The highest BCUT2D eigenvalue weighted by molar-refractivity contribution is 5.48. The molecule has 1 unspecified atom stereocenters. The zero-order chi connectivity index (χ0) is 17.5. The fourth-order valence-corrected chi connectivity index (χ4v) is 2.95. The highest BCUT2D eigenvalue weighted by atomic mass is 16.5. The lowest BCUT2D eigenvalue weighted by Gasteiger charge is -2.36. The second-order valence-electron chi connectivity index (χ2n) is 7.25. The average molecular weight is 331 g/mol. The van der Waals surface area contributed by atoms with Gasteiger partial charge in [-0.3, -0.25) is 0 Å². The molecule has 1 aliphatic heterocycles. The van der Waals surface area contributed by atoms with Crippen molar-refractivity contribution in [3.05, 3.63) is 41.1 Å². The van der Waals surface area contributed by atoms with Crippen LogP contribution in [0, 0.1) is 6.92 Å². The van der Waals surface area contributed by atoms with Crippen molar-refractivity contribution < 1.29 is 19.0 Å². The number of aliphatic hydroxyl groups is 1. The Kier molecular flexibility index (Phi) is 4.30. The van der Waals surface area contributed by atoms with Gasteiger partial charge >= 0.3 is 0 Å². The molecular weight excluding hydrogens is 306 g/mol. The maximum Gasteiger partial charge on any atom is 0.197 e. The van der Waals surface area contributed by atoms with Crippen LogP contribution < -0.4 is 9.47 Å². The Hall–Kier alpha value is -2.01. The van der Waals surface area contributed by atoms with Gasteiger partial charge in [0.15, 0.2) is 11.7 Å². The van der Waals surface area contributed by atoms with Crippen molar-refractivity contribution >= 4 is 0 Å². The number of hydrogen-bond donors (Lipinski definition) is 1. The molecule has 24 heavy (non-hydrogen) atoms. The van der Waals surface area contributed by atoms with E-state index in [-0.39, 0.29) is 12.5 Å². The summed E-state index contributed by atoms with van der Waals surface area (Å²) in [5.74, 6) is 2.96. The Balaban J connectivity index is 1.82. The number of aryl methyl sites for hydroxylation is 1. The van der Waals surface area contributed by atoms with E-state index in [1.807, 2.05) is 52.8 Å². The third-order valence-electron chi connectivity index (χ3n) is 4.19. The second-order valence-corrected chi connectivity index (χ2v) is 7.25. The molecule has 0 fully saturated rings. The van der Waals surface area contributed by atoms with Crippen molar-refractivity contribution in [1.29, 1.82) is 0 Å². The molecule has 1 N–H and O–H groups in total. The first-order valence-electron chi connectivity index (χ1n) is 8.36. The highest BCUT2D eigenvalue weighted by Crippen LogP contribution is 2.44. The summed E-state index contributed by atoms with van der Waals surface area (Å²) in [4.78, 5) is 4.42. The molecule has 5 nitrogen and oxygen atoms in total. The zero-order valence-electron chi connectivity index (χ0n) is 14.9. The summed E-state index contributed by atoms with van der Waals surface area (Å²) in [6.45, 7) is 10.2. The first-order chi connectivity index (χ1) is 11.3. The lowest BCUT2D eigenvalue weighted by molar-refractivity contribution is 0.00937. The molecule has 3 rings (SSSR count). The number of hydrogen-bond acceptors (Lipinski definition) is 5. The van der Waals surface area contributed by atoms with Crippen LogP contribution in [0.4, 0.5) is 0 Å². The normalized spacial score (nSPS) is 19.0. The van der Waals surface area contributed by atoms with Gasteiger partial charge in [-0.2, -0.15) is 0 Å². The van der Waals surface area contributed by atoms with Crippen LogP contribution in [0.25, 0.3) is 0 Å². The van der Waals surface area contributed by atoms with E-state index >= 15 is 0 Å². The molecule has 0 amide bonds. The predicted octanol–water partition coefficient (Wildman–Crippen LogP) is 4.28. The Morgan fingerprint density at radius 2 is 2.12 bits per heavy atom. The third kappa shape index (κ3) is 3.26. The summed E-state index contributed by atoms with van der Waals surface area (Å²) in [6, 6.07) is 5.58. The van der Waals surface area contributed by atoms with Gasteiger partial charge < -0.3 is 19.0 Å². The maximum atomic E-state index is 10.5. The summed E-state index contributed by atoms with van der Waals surface area (Å²) in [7, 11) is 0. The molecule has 0 bridgehead atoms. The summed E-state index contributed by atoms with van der Waals surface area (Å²) >= 11 is 0. The molecule has 5 heteroatoms. The van der Waals surface area contributed by atoms with Crippen LogP contribution in [-0.2, 0) is 6.61 Å².